The van der Waals surface area contributed by atoms with Gasteiger partial charge >= 0.3 is 0 Å². The van der Waals surface area contributed by atoms with Gasteiger partial charge in [0.15, 0.2) is 0 Å². The predicted molar refractivity (Wildman–Crippen MR) is 81.5 cm³/mol. The fourth-order valence-electron chi connectivity index (χ4n) is 2.98. The van der Waals surface area contributed by atoms with E-state index in [4.69, 9.17) is 23.2 Å². The van der Waals surface area contributed by atoms with Crippen LogP contribution in [-0.4, -0.2) is 36.0 Å². The third-order valence-corrected chi connectivity index (χ3v) is 5.13. The highest BCUT2D eigenvalue weighted by atomic mass is 35.5. The first-order valence-corrected chi connectivity index (χ1v) is 7.91. The predicted octanol–water partition coefficient (Wildman–Crippen LogP) is 3.35. The summed E-state index contributed by atoms with van der Waals surface area (Å²) in [6.45, 7) is 1.85. The molecule has 1 unspecified atom stereocenters. The molecule has 1 saturated carbocycles. The molecule has 1 saturated heterocycles. The van der Waals surface area contributed by atoms with Crippen molar-refractivity contribution in [3.63, 3.8) is 0 Å². The Balaban J connectivity index is 1.89. The lowest BCUT2D eigenvalue weighted by Gasteiger charge is -2.41. The molecule has 0 spiro atoms. The molecular weight excluding hydrogens is 295 g/mol. The summed E-state index contributed by atoms with van der Waals surface area (Å²) in [6.07, 6.45) is 4.42. The Hall–Kier alpha value is -0.770. The van der Waals surface area contributed by atoms with Crippen LogP contribution in [0.4, 0.5) is 0 Å². The van der Waals surface area contributed by atoms with Gasteiger partial charge < -0.3 is 10.2 Å². The van der Waals surface area contributed by atoms with Gasteiger partial charge in [0.05, 0.1) is 15.6 Å². The van der Waals surface area contributed by atoms with Crippen LogP contribution in [0.15, 0.2) is 18.2 Å². The fourth-order valence-corrected chi connectivity index (χ4v) is 3.36. The van der Waals surface area contributed by atoms with Crippen molar-refractivity contribution in [1.82, 2.24) is 10.2 Å². The summed E-state index contributed by atoms with van der Waals surface area (Å²) in [6, 6.07) is 5.91. The lowest BCUT2D eigenvalue weighted by atomic mass is 9.89. The molecule has 1 aliphatic heterocycles. The number of carbonyl (C=O) groups is 1. The summed E-state index contributed by atoms with van der Waals surface area (Å²) in [7, 11) is 0. The largest absolute Gasteiger partial charge is 0.331 e. The number of nitrogens with one attached hydrogen (secondary N) is 1. The van der Waals surface area contributed by atoms with Crippen LogP contribution in [0.25, 0.3) is 0 Å². The number of halogens is 2. The number of nitrogens with zero attached hydrogens (tertiary/aromatic N) is 1. The minimum Gasteiger partial charge on any atom is -0.331 e. The van der Waals surface area contributed by atoms with Crippen molar-refractivity contribution < 1.29 is 4.79 Å². The lowest BCUT2D eigenvalue weighted by Crippen LogP contribution is -2.51. The number of carbonyl (C=O) groups excluding carboxylic acids is 1. The molecule has 0 bridgehead atoms. The second kappa shape index (κ2) is 5.92. The molecule has 108 valence electrons. The number of benzene rings is 1. The lowest BCUT2D eigenvalue weighted by molar-refractivity contribution is 0.0465. The van der Waals surface area contributed by atoms with Gasteiger partial charge in [0.2, 0.25) is 0 Å². The van der Waals surface area contributed by atoms with E-state index in [9.17, 15) is 4.79 Å². The van der Waals surface area contributed by atoms with Crippen LogP contribution >= 0.6 is 23.2 Å². The monoisotopic (exact) mass is 312 g/mol. The van der Waals surface area contributed by atoms with Gasteiger partial charge in [0, 0.05) is 18.6 Å². The quantitative estimate of drug-likeness (QED) is 0.928. The van der Waals surface area contributed by atoms with Gasteiger partial charge in [-0.2, -0.15) is 0 Å². The minimum atomic E-state index is 0.0240. The van der Waals surface area contributed by atoms with Crippen molar-refractivity contribution >= 4 is 29.1 Å². The molecule has 3 rings (SSSR count). The number of amides is 1. The zero-order chi connectivity index (χ0) is 14.1. The Kier molecular flexibility index (Phi) is 4.20. The van der Waals surface area contributed by atoms with Crippen molar-refractivity contribution in [2.45, 2.75) is 37.8 Å². The van der Waals surface area contributed by atoms with Crippen molar-refractivity contribution in [2.75, 3.05) is 13.1 Å². The molecule has 3 nitrogen and oxygen atoms in total. The maximum absolute atomic E-state index is 12.9. The average molecular weight is 313 g/mol. The van der Waals surface area contributed by atoms with Crippen LogP contribution in [0.2, 0.25) is 10.0 Å². The SMILES string of the molecule is O=C(c1cccc(Cl)c1Cl)N(C1CCC1)C1CCNC1. The van der Waals surface area contributed by atoms with E-state index >= 15 is 0 Å². The highest BCUT2D eigenvalue weighted by molar-refractivity contribution is 6.43. The molecule has 1 amide bonds. The number of hydrogen-bond acceptors (Lipinski definition) is 2. The van der Waals surface area contributed by atoms with Crippen LogP contribution < -0.4 is 5.32 Å². The molecule has 0 aromatic heterocycles. The van der Waals surface area contributed by atoms with Crippen LogP contribution in [0.5, 0.6) is 0 Å². The van der Waals surface area contributed by atoms with Crippen LogP contribution in [-0.2, 0) is 0 Å². The van der Waals surface area contributed by atoms with Gasteiger partial charge in [-0.3, -0.25) is 4.79 Å². The molecule has 1 N–H and O–H groups in total. The Morgan fingerprint density at radius 1 is 1.20 bits per heavy atom. The van der Waals surface area contributed by atoms with Crippen molar-refractivity contribution in [2.24, 2.45) is 0 Å². The van der Waals surface area contributed by atoms with Crippen molar-refractivity contribution in [1.29, 1.82) is 0 Å². The Bertz CT molecular complexity index is 511. The Morgan fingerprint density at radius 3 is 2.60 bits per heavy atom. The third kappa shape index (κ3) is 2.54. The van der Waals surface area contributed by atoms with E-state index in [1.807, 2.05) is 4.90 Å². The molecule has 0 radical (unpaired) electrons. The van der Waals surface area contributed by atoms with Gasteiger partial charge in [0.1, 0.15) is 0 Å². The van der Waals surface area contributed by atoms with Crippen LogP contribution in [0, 0.1) is 0 Å². The average Bonchev–Trinajstić information content (AvgIpc) is 2.89. The molecule has 2 aliphatic rings. The number of hydrogen-bond donors (Lipinski definition) is 1. The van der Waals surface area contributed by atoms with Gasteiger partial charge in [0.25, 0.3) is 5.91 Å². The van der Waals surface area contributed by atoms with Crippen molar-refractivity contribution in [3.8, 4) is 0 Å². The summed E-state index contributed by atoms with van der Waals surface area (Å²) >= 11 is 12.2. The molecule has 20 heavy (non-hydrogen) atoms. The zero-order valence-corrected chi connectivity index (χ0v) is 12.8. The zero-order valence-electron chi connectivity index (χ0n) is 11.2. The number of rotatable bonds is 3. The first-order valence-electron chi connectivity index (χ1n) is 7.16. The summed E-state index contributed by atoms with van der Waals surface area (Å²) in [5.41, 5.74) is 0.526. The molecule has 1 aromatic carbocycles. The molecule has 1 aromatic rings. The summed E-state index contributed by atoms with van der Waals surface area (Å²) < 4.78 is 0. The van der Waals surface area contributed by atoms with E-state index in [0.29, 0.717) is 21.7 Å². The molecule has 1 atom stereocenters. The van der Waals surface area contributed by atoms with Crippen molar-refractivity contribution in [3.05, 3.63) is 33.8 Å². The molecule has 5 heteroatoms. The Morgan fingerprint density at radius 2 is 2.00 bits per heavy atom. The van der Waals surface area contributed by atoms with E-state index < -0.39 is 0 Å². The molecular formula is C15H18Cl2N2O. The van der Waals surface area contributed by atoms with Gasteiger partial charge in [-0.1, -0.05) is 29.3 Å². The third-order valence-electron chi connectivity index (χ3n) is 4.31. The van der Waals surface area contributed by atoms with Crippen LogP contribution in [0.1, 0.15) is 36.0 Å². The fraction of sp³-hybridized carbons (Fsp3) is 0.533. The van der Waals surface area contributed by atoms with E-state index in [1.165, 1.54) is 6.42 Å². The van der Waals surface area contributed by atoms with E-state index in [-0.39, 0.29) is 11.9 Å². The van der Waals surface area contributed by atoms with Gasteiger partial charge in [-0.05, 0) is 44.4 Å². The highest BCUT2D eigenvalue weighted by Crippen LogP contribution is 2.32. The molecule has 1 heterocycles. The Labute approximate surface area is 129 Å². The normalized spacial score (nSPS) is 22.6. The van der Waals surface area contributed by atoms with E-state index in [1.54, 1.807) is 18.2 Å². The second-order valence-corrected chi connectivity index (χ2v) is 6.33. The highest BCUT2D eigenvalue weighted by Gasteiger charge is 2.36. The standard InChI is InChI=1S/C15H18Cl2N2O/c16-13-6-2-5-12(14(13)17)15(20)19(10-3-1-4-10)11-7-8-18-9-11/h2,5-6,10-11,18H,1,3-4,7-9H2. The first-order chi connectivity index (χ1) is 9.68. The maximum Gasteiger partial charge on any atom is 0.255 e. The van der Waals surface area contributed by atoms with Crippen LogP contribution in [0.3, 0.4) is 0 Å². The maximum atomic E-state index is 12.9. The summed E-state index contributed by atoms with van der Waals surface area (Å²) in [5, 5.41) is 4.15. The second-order valence-electron chi connectivity index (χ2n) is 5.55. The molecule has 1 aliphatic carbocycles. The topological polar surface area (TPSA) is 32.3 Å². The van der Waals surface area contributed by atoms with Gasteiger partial charge in [-0.25, -0.2) is 0 Å². The van der Waals surface area contributed by atoms with E-state index in [2.05, 4.69) is 5.32 Å². The first kappa shape index (κ1) is 14.2. The van der Waals surface area contributed by atoms with E-state index in [0.717, 1.165) is 32.4 Å². The smallest absolute Gasteiger partial charge is 0.255 e. The minimum absolute atomic E-state index is 0.0240. The summed E-state index contributed by atoms with van der Waals surface area (Å²) in [4.78, 5) is 14.9. The van der Waals surface area contributed by atoms with Gasteiger partial charge in [-0.15, -0.1) is 0 Å². The summed E-state index contributed by atoms with van der Waals surface area (Å²) in [5.74, 6) is 0.0240. The molecule has 2 fully saturated rings.